The fourth-order valence-corrected chi connectivity index (χ4v) is 5.61. The number of piperazine rings is 1. The van der Waals surface area contributed by atoms with E-state index < -0.39 is 11.7 Å². The number of morpholine rings is 1. The average Bonchev–Trinajstić information content (AvgIpc) is 2.98. The molecule has 0 aliphatic carbocycles. The third kappa shape index (κ3) is 7.31. The largest absolute Gasteiger partial charge is 1.00 e. The second-order valence-corrected chi connectivity index (χ2v) is 9.98. The van der Waals surface area contributed by atoms with Crippen LogP contribution in [-0.4, -0.2) is 78.5 Å². The number of hydrogen-bond acceptors (Lipinski definition) is 6. The van der Waals surface area contributed by atoms with Crippen LogP contribution in [0, 0.1) is 17.4 Å². The summed E-state index contributed by atoms with van der Waals surface area (Å²) >= 11 is 0. The Kier molecular flexibility index (Phi) is 11.4. The van der Waals surface area contributed by atoms with E-state index >= 15 is 0 Å². The maximum Gasteiger partial charge on any atom is 1.00 e. The van der Waals surface area contributed by atoms with Gasteiger partial charge in [0.2, 0.25) is 0 Å². The molecular formula is C29H33F3LiN6O2-. The molecule has 1 aromatic carbocycles. The van der Waals surface area contributed by atoms with Crippen molar-refractivity contribution in [3.05, 3.63) is 58.9 Å². The summed E-state index contributed by atoms with van der Waals surface area (Å²) in [6.45, 7) is 9.22. The third-order valence-corrected chi connectivity index (χ3v) is 7.78. The molecule has 8 nitrogen and oxygen atoms in total. The first kappa shape index (κ1) is 32.6. The molecule has 1 unspecified atom stereocenters. The Morgan fingerprint density at radius 2 is 1.93 bits per heavy atom. The van der Waals surface area contributed by atoms with Gasteiger partial charge < -0.3 is 24.3 Å². The maximum atomic E-state index is 13.7. The van der Waals surface area contributed by atoms with Crippen molar-refractivity contribution in [1.29, 1.82) is 5.26 Å². The standard InChI is InChI=1S/C29H33F3N6O2.Li/c1-4-23-18-38(28(34-19-39)26-8-6-7-22(16-33)35-26)24(5-2)17-37(23)20(3)25-10-9-21(29(30,31)32)15-27(25)36-11-13-40-14-12-36;/h6-7,9-10,15,20,23-24H,4-5,11-14,17-18H2,1-3H3;/q-2;+1/t20?,23-,24+;/m1./s1. The number of rotatable bonds is 7. The number of amidine groups is 1. The van der Waals surface area contributed by atoms with E-state index in [0.717, 1.165) is 18.4 Å². The number of nitriles is 1. The van der Waals surface area contributed by atoms with Gasteiger partial charge in [-0.1, -0.05) is 19.9 Å². The number of hydrogen-bond donors (Lipinski definition) is 0. The number of pyridine rings is 1. The van der Waals surface area contributed by atoms with Gasteiger partial charge in [0.1, 0.15) is 6.07 Å². The molecule has 0 spiro atoms. The zero-order valence-electron chi connectivity index (χ0n) is 23.9. The fraction of sp³-hybridized carbons (Fsp3) is 0.517. The van der Waals surface area contributed by atoms with E-state index in [0.29, 0.717) is 56.6 Å². The van der Waals surface area contributed by atoms with Crippen molar-refractivity contribution in [3.8, 4) is 6.07 Å². The molecule has 3 heterocycles. The molecule has 41 heavy (non-hydrogen) atoms. The molecule has 0 radical (unpaired) electrons. The van der Waals surface area contributed by atoms with Gasteiger partial charge in [0.25, 0.3) is 0 Å². The topological polar surface area (TPSA) is 85.1 Å². The van der Waals surface area contributed by atoms with E-state index in [4.69, 9.17) is 4.74 Å². The molecule has 3 atom stereocenters. The minimum atomic E-state index is -4.44. The minimum Gasteiger partial charge on any atom is -0.402 e. The normalized spacial score (nSPS) is 21.1. The zero-order valence-corrected chi connectivity index (χ0v) is 23.9. The average molecular weight is 562 g/mol. The van der Waals surface area contributed by atoms with Gasteiger partial charge in [0.05, 0.1) is 30.9 Å². The van der Waals surface area contributed by atoms with Crippen molar-refractivity contribution in [2.45, 2.75) is 57.9 Å². The Balaban J connectivity index is 0.00000462. The number of benzene rings is 1. The molecule has 2 fully saturated rings. The van der Waals surface area contributed by atoms with Crippen LogP contribution < -0.4 is 23.8 Å². The first-order valence-corrected chi connectivity index (χ1v) is 13.5. The Morgan fingerprint density at radius 1 is 1.22 bits per heavy atom. The molecule has 0 N–H and O–H groups in total. The van der Waals surface area contributed by atoms with Crippen molar-refractivity contribution in [3.63, 3.8) is 0 Å². The van der Waals surface area contributed by atoms with Gasteiger partial charge >= 0.3 is 25.0 Å². The molecule has 4 rings (SSSR count). The molecule has 2 aromatic rings. The number of aromatic nitrogens is 1. The van der Waals surface area contributed by atoms with Gasteiger partial charge in [-0.25, -0.2) is 0 Å². The number of amides is 1. The molecule has 0 bridgehead atoms. The molecule has 12 heteroatoms. The predicted octanol–water partition coefficient (Wildman–Crippen LogP) is 1.36. The second-order valence-electron chi connectivity index (χ2n) is 9.98. The van der Waals surface area contributed by atoms with Crippen LogP contribution in [0.4, 0.5) is 18.9 Å². The third-order valence-electron chi connectivity index (χ3n) is 7.78. The Morgan fingerprint density at radius 3 is 2.54 bits per heavy atom. The van der Waals surface area contributed by atoms with Gasteiger partial charge in [0.15, 0.2) is 0 Å². The number of nitrogens with zero attached hydrogens (tertiary/aromatic N) is 6. The Hall–Kier alpha value is -2.89. The van der Waals surface area contributed by atoms with Crippen LogP contribution in [0.2, 0.25) is 0 Å². The summed E-state index contributed by atoms with van der Waals surface area (Å²) < 4.78 is 46.5. The van der Waals surface area contributed by atoms with Crippen LogP contribution in [0.15, 0.2) is 35.3 Å². The molecular weight excluding hydrogens is 528 g/mol. The van der Waals surface area contributed by atoms with Crippen LogP contribution in [0.5, 0.6) is 0 Å². The predicted molar refractivity (Wildman–Crippen MR) is 144 cm³/mol. The molecule has 0 saturated carbocycles. The molecule has 1 aromatic heterocycles. The quantitative estimate of drug-likeness (QED) is 0.219. The van der Waals surface area contributed by atoms with Crippen molar-refractivity contribution in [2.75, 3.05) is 44.3 Å². The number of aliphatic imine (C=N–C) groups is 1. The van der Waals surface area contributed by atoms with Crippen molar-refractivity contribution in [2.24, 2.45) is 4.99 Å². The van der Waals surface area contributed by atoms with Crippen molar-refractivity contribution >= 4 is 17.9 Å². The van der Waals surface area contributed by atoms with Gasteiger partial charge in [-0.2, -0.15) is 30.6 Å². The summed E-state index contributed by atoms with van der Waals surface area (Å²) in [5, 5.41) is 9.31. The van der Waals surface area contributed by atoms with Gasteiger partial charge in [-0.05, 0) is 43.2 Å². The smallest absolute Gasteiger partial charge is 0.402 e. The summed E-state index contributed by atoms with van der Waals surface area (Å²) in [7, 11) is 0. The summed E-state index contributed by atoms with van der Waals surface area (Å²) in [5.74, 6) is 0.313. The maximum absolute atomic E-state index is 13.7. The van der Waals surface area contributed by atoms with E-state index in [1.807, 2.05) is 29.7 Å². The van der Waals surface area contributed by atoms with Gasteiger partial charge in [0, 0.05) is 55.8 Å². The van der Waals surface area contributed by atoms with E-state index in [1.54, 1.807) is 18.5 Å². The van der Waals surface area contributed by atoms with Crippen molar-refractivity contribution in [1.82, 2.24) is 14.8 Å². The summed E-state index contributed by atoms with van der Waals surface area (Å²) in [6, 6.07) is 11.9. The molecule has 2 aliphatic heterocycles. The second kappa shape index (κ2) is 14.3. The summed E-state index contributed by atoms with van der Waals surface area (Å²) in [4.78, 5) is 26.1. The van der Waals surface area contributed by atoms with E-state index in [-0.39, 0.29) is 42.7 Å². The fourth-order valence-electron chi connectivity index (χ4n) is 5.61. The Labute approximate surface area is 251 Å². The van der Waals surface area contributed by atoms with Crippen LogP contribution in [0.1, 0.15) is 62.2 Å². The SMILES string of the molecule is CC[C@H]1CN(C(C)c2ccc(C(F)(F)F)cc2N2CCOCC2)[C@H](CC)CN1C(=N[C-]=O)c1[c-]ccc(C#N)n1.[Li+]. The first-order chi connectivity index (χ1) is 19.2. The number of alkyl halides is 3. The number of anilines is 1. The van der Waals surface area contributed by atoms with Crippen LogP contribution >= 0.6 is 0 Å². The minimum absolute atomic E-state index is 0. The molecule has 214 valence electrons. The van der Waals surface area contributed by atoms with Crippen LogP contribution in [0.25, 0.3) is 0 Å². The Bertz CT molecular complexity index is 1260. The van der Waals surface area contributed by atoms with E-state index in [9.17, 15) is 23.2 Å². The van der Waals surface area contributed by atoms with Gasteiger partial charge in [-0.3, -0.25) is 9.88 Å². The first-order valence-electron chi connectivity index (χ1n) is 13.5. The van der Waals surface area contributed by atoms with Gasteiger partial charge in [-0.15, -0.1) is 6.07 Å². The number of ether oxygens (including phenoxy) is 1. The van der Waals surface area contributed by atoms with Crippen molar-refractivity contribution < 1.29 is 41.6 Å². The zero-order chi connectivity index (χ0) is 28.9. The van der Waals surface area contributed by atoms with Crippen LogP contribution in [-0.2, 0) is 15.7 Å². The molecule has 2 aliphatic rings. The summed E-state index contributed by atoms with van der Waals surface area (Å²) in [5.41, 5.74) is 1.25. The summed E-state index contributed by atoms with van der Waals surface area (Å²) in [6.07, 6.45) is -1.32. The monoisotopic (exact) mass is 561 g/mol. The molecule has 2 saturated heterocycles. The van der Waals surface area contributed by atoms with Crippen LogP contribution in [0.3, 0.4) is 0 Å². The van der Waals surface area contributed by atoms with E-state index in [2.05, 4.69) is 27.9 Å². The molecule has 1 amide bonds. The van der Waals surface area contributed by atoms with E-state index in [1.165, 1.54) is 18.2 Å². The number of carbonyl (C=O) groups excluding carboxylic acids is 1. The number of halogens is 3.